The number of amides is 1. The fraction of sp³-hybridized carbons (Fsp3) is 0.0909. The van der Waals surface area contributed by atoms with Crippen LogP contribution in [0.1, 0.15) is 11.3 Å². The lowest BCUT2D eigenvalue weighted by Gasteiger charge is -2.11. The van der Waals surface area contributed by atoms with Crippen molar-refractivity contribution in [2.75, 3.05) is 5.32 Å². The zero-order valence-corrected chi connectivity index (χ0v) is 16.8. The first-order valence-electron chi connectivity index (χ1n) is 9.47. The van der Waals surface area contributed by atoms with Crippen LogP contribution < -0.4 is 5.32 Å². The van der Waals surface area contributed by atoms with E-state index >= 15 is 0 Å². The second kappa shape index (κ2) is 7.92. The number of hydrogen-bond donors (Lipinski definition) is 1. The van der Waals surface area contributed by atoms with Gasteiger partial charge in [0.1, 0.15) is 12.7 Å². The summed E-state index contributed by atoms with van der Waals surface area (Å²) in [6, 6.07) is 17.8. The molecule has 0 aliphatic rings. The summed E-state index contributed by atoms with van der Waals surface area (Å²) in [6.45, 7) is 0.543. The number of carbonyl (C=O) groups is 1. The Morgan fingerprint density at radius 2 is 1.90 bits per heavy atom. The van der Waals surface area contributed by atoms with Crippen LogP contribution >= 0.6 is 11.3 Å². The Kier molecular flexibility index (Phi) is 4.82. The third kappa shape index (κ3) is 3.72. The molecule has 7 nitrogen and oxygen atoms in total. The smallest absolute Gasteiger partial charge is 0.230 e. The lowest BCUT2D eigenvalue weighted by Crippen LogP contribution is -2.17. The summed E-state index contributed by atoms with van der Waals surface area (Å²) in [7, 11) is 0. The van der Waals surface area contributed by atoms with Crippen LogP contribution in [0.3, 0.4) is 0 Å². The summed E-state index contributed by atoms with van der Waals surface area (Å²) in [5, 5.41) is 9.16. The van der Waals surface area contributed by atoms with Gasteiger partial charge in [0.2, 0.25) is 5.91 Å². The van der Waals surface area contributed by atoms with Crippen molar-refractivity contribution in [2.45, 2.75) is 13.0 Å². The van der Waals surface area contributed by atoms with E-state index in [2.05, 4.69) is 20.4 Å². The van der Waals surface area contributed by atoms with E-state index in [4.69, 9.17) is 0 Å². The van der Waals surface area contributed by atoms with Crippen LogP contribution in [0.2, 0.25) is 0 Å². The number of benzene rings is 2. The van der Waals surface area contributed by atoms with Crippen LogP contribution in [0.5, 0.6) is 0 Å². The van der Waals surface area contributed by atoms with E-state index in [1.807, 2.05) is 70.6 Å². The zero-order chi connectivity index (χ0) is 20.3. The van der Waals surface area contributed by atoms with Gasteiger partial charge < -0.3 is 5.32 Å². The fourth-order valence-corrected chi connectivity index (χ4v) is 4.21. The first kappa shape index (κ1) is 18.3. The van der Waals surface area contributed by atoms with Crippen molar-refractivity contribution in [3.63, 3.8) is 0 Å². The van der Waals surface area contributed by atoms with E-state index in [-0.39, 0.29) is 12.3 Å². The summed E-state index contributed by atoms with van der Waals surface area (Å²) in [5.41, 5.74) is 4.63. The van der Waals surface area contributed by atoms with Gasteiger partial charge in [0.15, 0.2) is 4.96 Å². The van der Waals surface area contributed by atoms with Gasteiger partial charge in [-0.15, -0.1) is 11.3 Å². The van der Waals surface area contributed by atoms with Crippen molar-refractivity contribution in [1.29, 1.82) is 0 Å². The maximum atomic E-state index is 12.8. The largest absolute Gasteiger partial charge is 0.325 e. The standard InChI is InChI=1S/C22H18N6OS/c29-21(25-19-9-5-4-8-17(19)11-27-15-23-14-24-27)10-18-13-30-22-26-20(12-28(18)22)16-6-2-1-3-7-16/h1-9,12-15H,10-11H2,(H,25,29). The van der Waals surface area contributed by atoms with Gasteiger partial charge in [-0.2, -0.15) is 5.10 Å². The Hall–Kier alpha value is -3.78. The van der Waals surface area contributed by atoms with E-state index < -0.39 is 0 Å². The highest BCUT2D eigenvalue weighted by atomic mass is 32.1. The van der Waals surface area contributed by atoms with Crippen molar-refractivity contribution in [2.24, 2.45) is 0 Å². The quantitative estimate of drug-likeness (QED) is 0.457. The number of aromatic nitrogens is 5. The number of para-hydroxylation sites is 1. The molecule has 1 amide bonds. The second-order valence-corrected chi connectivity index (χ2v) is 7.68. The summed E-state index contributed by atoms with van der Waals surface area (Å²) in [5.74, 6) is -0.0734. The van der Waals surface area contributed by atoms with Crippen LogP contribution in [-0.2, 0) is 17.8 Å². The van der Waals surface area contributed by atoms with Crippen molar-refractivity contribution in [1.82, 2.24) is 24.1 Å². The molecular formula is C22H18N6OS. The molecule has 0 spiro atoms. The Morgan fingerprint density at radius 3 is 2.73 bits per heavy atom. The third-order valence-electron chi connectivity index (χ3n) is 4.78. The van der Waals surface area contributed by atoms with E-state index in [9.17, 15) is 4.79 Å². The molecule has 0 aliphatic carbocycles. The molecule has 30 heavy (non-hydrogen) atoms. The monoisotopic (exact) mass is 414 g/mol. The molecule has 2 aromatic carbocycles. The van der Waals surface area contributed by atoms with Crippen molar-refractivity contribution in [3.8, 4) is 11.3 Å². The predicted molar refractivity (Wildman–Crippen MR) is 116 cm³/mol. The Balaban J connectivity index is 1.34. The van der Waals surface area contributed by atoms with Crippen molar-refractivity contribution in [3.05, 3.63) is 90.1 Å². The SMILES string of the molecule is O=C(Cc1csc2nc(-c3ccccc3)cn12)Nc1ccccc1Cn1cncn1. The van der Waals surface area contributed by atoms with Gasteiger partial charge in [-0.25, -0.2) is 14.6 Å². The van der Waals surface area contributed by atoms with Gasteiger partial charge in [0.05, 0.1) is 18.7 Å². The predicted octanol–water partition coefficient (Wildman–Crippen LogP) is 3.88. The first-order chi connectivity index (χ1) is 14.8. The average Bonchev–Trinajstić information content (AvgIpc) is 3.49. The number of fused-ring (bicyclic) bond motifs is 1. The van der Waals surface area contributed by atoms with Gasteiger partial charge in [0, 0.05) is 28.5 Å². The highest BCUT2D eigenvalue weighted by molar-refractivity contribution is 7.15. The first-order valence-corrected chi connectivity index (χ1v) is 10.4. The van der Waals surface area contributed by atoms with Crippen LogP contribution in [0.15, 0.2) is 78.8 Å². The van der Waals surface area contributed by atoms with Gasteiger partial charge in [-0.3, -0.25) is 9.20 Å². The minimum atomic E-state index is -0.0734. The molecule has 0 atom stereocenters. The highest BCUT2D eigenvalue weighted by Crippen LogP contribution is 2.24. The summed E-state index contributed by atoms with van der Waals surface area (Å²) < 4.78 is 3.72. The van der Waals surface area contributed by atoms with E-state index in [1.54, 1.807) is 11.0 Å². The van der Waals surface area contributed by atoms with E-state index in [0.29, 0.717) is 6.54 Å². The molecular weight excluding hydrogens is 396 g/mol. The zero-order valence-electron chi connectivity index (χ0n) is 16.0. The van der Waals surface area contributed by atoms with Crippen LogP contribution in [0.4, 0.5) is 5.69 Å². The number of imidazole rings is 1. The topological polar surface area (TPSA) is 77.1 Å². The molecule has 5 aromatic rings. The molecule has 0 aliphatic heterocycles. The van der Waals surface area contributed by atoms with Crippen molar-refractivity contribution >= 4 is 27.9 Å². The van der Waals surface area contributed by atoms with Crippen LogP contribution in [-0.4, -0.2) is 30.1 Å². The molecule has 0 bridgehead atoms. The fourth-order valence-electron chi connectivity index (χ4n) is 3.33. The molecule has 0 saturated carbocycles. The van der Waals surface area contributed by atoms with Gasteiger partial charge in [0.25, 0.3) is 0 Å². The minimum absolute atomic E-state index is 0.0734. The van der Waals surface area contributed by atoms with Crippen LogP contribution in [0, 0.1) is 0 Å². The summed E-state index contributed by atoms with van der Waals surface area (Å²) in [6.07, 6.45) is 5.41. The lowest BCUT2D eigenvalue weighted by atomic mass is 10.1. The highest BCUT2D eigenvalue weighted by Gasteiger charge is 2.14. The van der Waals surface area contributed by atoms with Gasteiger partial charge in [-0.05, 0) is 11.6 Å². The number of anilines is 1. The number of nitrogens with zero attached hydrogens (tertiary/aromatic N) is 5. The molecule has 8 heteroatoms. The molecule has 148 valence electrons. The molecule has 0 radical (unpaired) electrons. The Labute approximate surface area is 176 Å². The molecule has 1 N–H and O–H groups in total. The third-order valence-corrected chi connectivity index (χ3v) is 5.67. The molecule has 5 rings (SSSR count). The van der Waals surface area contributed by atoms with E-state index in [0.717, 1.165) is 33.2 Å². The molecule has 0 fully saturated rings. The maximum Gasteiger partial charge on any atom is 0.230 e. The average molecular weight is 414 g/mol. The number of carbonyl (C=O) groups excluding carboxylic acids is 1. The molecule has 0 unspecified atom stereocenters. The Morgan fingerprint density at radius 1 is 1.07 bits per heavy atom. The van der Waals surface area contributed by atoms with E-state index in [1.165, 1.54) is 17.7 Å². The van der Waals surface area contributed by atoms with Gasteiger partial charge in [-0.1, -0.05) is 48.5 Å². The van der Waals surface area contributed by atoms with Crippen LogP contribution in [0.25, 0.3) is 16.2 Å². The lowest BCUT2D eigenvalue weighted by molar-refractivity contribution is -0.115. The number of thiazole rings is 1. The normalized spacial score (nSPS) is 11.1. The van der Waals surface area contributed by atoms with Crippen molar-refractivity contribution < 1.29 is 4.79 Å². The number of rotatable bonds is 6. The van der Waals surface area contributed by atoms with Gasteiger partial charge >= 0.3 is 0 Å². The second-order valence-electron chi connectivity index (χ2n) is 6.85. The summed E-state index contributed by atoms with van der Waals surface area (Å²) >= 11 is 1.54. The Bertz CT molecular complexity index is 1290. The molecule has 3 heterocycles. The maximum absolute atomic E-state index is 12.8. The molecule has 3 aromatic heterocycles. The summed E-state index contributed by atoms with van der Waals surface area (Å²) in [4.78, 5) is 22.3. The number of nitrogens with one attached hydrogen (secondary N) is 1. The molecule has 0 saturated heterocycles. The number of hydrogen-bond acceptors (Lipinski definition) is 5. The minimum Gasteiger partial charge on any atom is -0.325 e.